The molecule has 3 aliphatic heterocycles. The van der Waals surface area contributed by atoms with Crippen LogP contribution in [0.25, 0.3) is 0 Å². The molecule has 74 valence electrons. The largest absolute Gasteiger partial charge is 0.386 e. The molecule has 4 atom stereocenters. The lowest BCUT2D eigenvalue weighted by molar-refractivity contribution is 0.101. The van der Waals surface area contributed by atoms with Crippen LogP contribution in [0.2, 0.25) is 0 Å². The summed E-state index contributed by atoms with van der Waals surface area (Å²) in [6.45, 7) is 6.74. The molecule has 3 heterocycles. The van der Waals surface area contributed by atoms with E-state index in [1.54, 1.807) is 0 Å². The highest BCUT2D eigenvalue weighted by Crippen LogP contribution is 2.95. The highest BCUT2D eigenvalue weighted by molar-refractivity contribution is 7.80. The summed E-state index contributed by atoms with van der Waals surface area (Å²) < 4.78 is 5.90. The first-order valence-corrected chi connectivity index (χ1v) is 7.46. The van der Waals surface area contributed by atoms with Crippen molar-refractivity contribution in [1.29, 1.82) is 0 Å². The Morgan fingerprint density at radius 1 is 1.54 bits per heavy atom. The van der Waals surface area contributed by atoms with Gasteiger partial charge in [0.2, 0.25) is 5.34 Å². The first kappa shape index (κ1) is 8.64. The van der Waals surface area contributed by atoms with Crippen LogP contribution in [0, 0.1) is 0 Å². The van der Waals surface area contributed by atoms with Crippen molar-refractivity contribution in [3.63, 3.8) is 0 Å². The lowest BCUT2D eigenvalue weighted by Crippen LogP contribution is -2.37. The molecule has 0 amide bonds. The van der Waals surface area contributed by atoms with Crippen LogP contribution in [-0.4, -0.2) is 40.1 Å². The first-order valence-electron chi connectivity index (χ1n) is 5.24. The first-order chi connectivity index (χ1) is 5.99. The zero-order chi connectivity index (χ0) is 9.48. The summed E-state index contributed by atoms with van der Waals surface area (Å²) in [5, 5.41) is 10.2. The molecule has 13 heavy (non-hydrogen) atoms. The van der Waals surface area contributed by atoms with Crippen molar-refractivity contribution in [2.24, 2.45) is 0 Å². The molecule has 4 unspecified atom stereocenters. The summed E-state index contributed by atoms with van der Waals surface area (Å²) in [4.78, 5) is 0. The van der Waals surface area contributed by atoms with E-state index in [9.17, 15) is 5.11 Å². The monoisotopic (exact) mass is 201 g/mol. The minimum Gasteiger partial charge on any atom is -0.386 e. The number of ether oxygens (including phenoxy) is 1. The summed E-state index contributed by atoms with van der Waals surface area (Å²) in [6, 6.07) is 0. The molecule has 3 fully saturated rings. The van der Waals surface area contributed by atoms with E-state index >= 15 is 0 Å². The van der Waals surface area contributed by atoms with E-state index in [1.807, 2.05) is 0 Å². The number of rotatable bonds is 1. The van der Waals surface area contributed by atoms with Gasteiger partial charge in [-0.15, -0.1) is 0 Å². The molecule has 3 rings (SSSR count). The number of aliphatic hydroxyl groups is 1. The summed E-state index contributed by atoms with van der Waals surface area (Å²) >= 11 is 0. The maximum absolute atomic E-state index is 9.99. The normalized spacial score (nSPS) is 63.0. The predicted octanol–water partition coefficient (Wildman–Crippen LogP) is 1.68. The van der Waals surface area contributed by atoms with Crippen molar-refractivity contribution in [2.75, 3.05) is 12.3 Å². The van der Waals surface area contributed by atoms with Gasteiger partial charge in [0.1, 0.15) is 6.10 Å². The SMILES string of the molecule is CC(C)[P+]12CCC13OC3(C)C(O)C2. The Morgan fingerprint density at radius 3 is 2.46 bits per heavy atom. The highest BCUT2D eigenvalue weighted by atomic mass is 31.2. The molecular formula is C10H18O2P+. The average molecular weight is 201 g/mol. The van der Waals surface area contributed by atoms with Crippen molar-refractivity contribution < 1.29 is 9.84 Å². The Hall–Kier alpha value is 0.350. The molecule has 1 N–H and O–H groups in total. The molecular weight excluding hydrogens is 183 g/mol. The molecule has 3 saturated heterocycles. The fourth-order valence-corrected chi connectivity index (χ4v) is 9.52. The third kappa shape index (κ3) is 0.616. The van der Waals surface area contributed by atoms with Crippen molar-refractivity contribution >= 4 is 7.26 Å². The molecule has 0 radical (unpaired) electrons. The van der Waals surface area contributed by atoms with Gasteiger partial charge in [0.25, 0.3) is 0 Å². The number of hydrogen-bond acceptors (Lipinski definition) is 2. The second-order valence-electron chi connectivity index (χ2n) is 5.29. The molecule has 3 aliphatic rings. The fourth-order valence-electron chi connectivity index (χ4n) is 3.70. The molecule has 3 heteroatoms. The molecule has 0 saturated carbocycles. The Morgan fingerprint density at radius 2 is 2.23 bits per heavy atom. The van der Waals surface area contributed by atoms with Crippen LogP contribution in [0.15, 0.2) is 0 Å². The minimum absolute atomic E-state index is 0.136. The van der Waals surface area contributed by atoms with E-state index in [-0.39, 0.29) is 17.0 Å². The number of aliphatic hydroxyl groups excluding tert-OH is 1. The molecule has 1 spiro atoms. The molecule has 0 aromatic rings. The number of epoxide rings is 1. The Labute approximate surface area is 80.0 Å². The summed E-state index contributed by atoms with van der Waals surface area (Å²) in [5.74, 6) is 0. The van der Waals surface area contributed by atoms with Gasteiger partial charge >= 0.3 is 0 Å². The lowest BCUT2D eigenvalue weighted by Gasteiger charge is -2.41. The van der Waals surface area contributed by atoms with Gasteiger partial charge in [-0.2, -0.15) is 0 Å². The van der Waals surface area contributed by atoms with Crippen LogP contribution in [0.3, 0.4) is 0 Å². The third-order valence-corrected chi connectivity index (χ3v) is 11.0. The van der Waals surface area contributed by atoms with Gasteiger partial charge in [0.05, 0.1) is 25.2 Å². The Balaban J connectivity index is 2.03. The predicted molar refractivity (Wildman–Crippen MR) is 54.6 cm³/mol. The standard InChI is InChI=1S/C10H18O2P/c1-7(2)13-5-4-10(13)9(3,12-10)8(11)6-13/h7-8,11H,4-6H2,1-3H3/q+1. The quantitative estimate of drug-likeness (QED) is 0.517. The van der Waals surface area contributed by atoms with Crippen LogP contribution < -0.4 is 0 Å². The Kier molecular flexibility index (Phi) is 1.32. The lowest BCUT2D eigenvalue weighted by atomic mass is 10.0. The molecule has 0 aliphatic carbocycles. The second-order valence-corrected chi connectivity index (χ2v) is 9.93. The minimum atomic E-state index is -0.934. The van der Waals surface area contributed by atoms with Gasteiger partial charge in [-0.1, -0.05) is 0 Å². The topological polar surface area (TPSA) is 32.8 Å². The molecule has 2 nitrogen and oxygen atoms in total. The molecule has 0 aromatic heterocycles. The smallest absolute Gasteiger partial charge is 0.212 e. The van der Waals surface area contributed by atoms with Crippen molar-refractivity contribution in [3.05, 3.63) is 0 Å². The summed E-state index contributed by atoms with van der Waals surface area (Å²) in [5.41, 5.74) is 0.615. The summed E-state index contributed by atoms with van der Waals surface area (Å²) in [6.07, 6.45) is 3.47. The highest BCUT2D eigenvalue weighted by Gasteiger charge is 2.94. The van der Waals surface area contributed by atoms with Crippen molar-refractivity contribution in [2.45, 2.75) is 49.9 Å². The zero-order valence-electron chi connectivity index (χ0n) is 8.58. The van der Waals surface area contributed by atoms with Gasteiger partial charge < -0.3 is 9.84 Å². The molecule has 0 bridgehead atoms. The molecule has 0 aromatic carbocycles. The second kappa shape index (κ2) is 1.98. The van der Waals surface area contributed by atoms with Gasteiger partial charge in [-0.3, -0.25) is 0 Å². The van der Waals surface area contributed by atoms with Gasteiger partial charge in [0.15, 0.2) is 5.60 Å². The van der Waals surface area contributed by atoms with Gasteiger partial charge in [-0.05, 0) is 20.8 Å². The van der Waals surface area contributed by atoms with E-state index in [4.69, 9.17) is 4.74 Å². The van der Waals surface area contributed by atoms with Gasteiger partial charge in [0, 0.05) is 6.42 Å². The maximum atomic E-state index is 9.99. The Bertz CT molecular complexity index is 280. The number of hydrogen-bond donors (Lipinski definition) is 1. The average Bonchev–Trinajstić information content (AvgIpc) is 2.65. The van der Waals surface area contributed by atoms with Crippen molar-refractivity contribution in [3.8, 4) is 0 Å². The zero-order valence-corrected chi connectivity index (χ0v) is 9.47. The van der Waals surface area contributed by atoms with E-state index in [0.717, 1.165) is 11.8 Å². The van der Waals surface area contributed by atoms with Gasteiger partial charge in [-0.25, -0.2) is 0 Å². The van der Waals surface area contributed by atoms with E-state index in [2.05, 4.69) is 20.8 Å². The maximum Gasteiger partial charge on any atom is 0.212 e. The fraction of sp³-hybridized carbons (Fsp3) is 1.00. The van der Waals surface area contributed by atoms with Crippen LogP contribution in [0.1, 0.15) is 27.2 Å². The summed E-state index contributed by atoms with van der Waals surface area (Å²) in [7, 11) is -0.934. The van der Waals surface area contributed by atoms with Crippen LogP contribution in [-0.2, 0) is 4.74 Å². The van der Waals surface area contributed by atoms with E-state index in [0.29, 0.717) is 0 Å². The van der Waals surface area contributed by atoms with E-state index < -0.39 is 7.26 Å². The third-order valence-electron chi connectivity index (χ3n) is 4.81. The van der Waals surface area contributed by atoms with Crippen LogP contribution >= 0.6 is 7.26 Å². The van der Waals surface area contributed by atoms with Crippen LogP contribution in [0.5, 0.6) is 0 Å². The van der Waals surface area contributed by atoms with E-state index in [1.165, 1.54) is 12.6 Å². The van der Waals surface area contributed by atoms with Crippen LogP contribution in [0.4, 0.5) is 0 Å². The van der Waals surface area contributed by atoms with Crippen molar-refractivity contribution in [1.82, 2.24) is 0 Å².